The number of Topliss-reactive ketones (excluding diaryl/α,β-unsaturated/α-hetero) is 1. The van der Waals surface area contributed by atoms with Gasteiger partial charge in [0.15, 0.2) is 5.78 Å². The maximum Gasteiger partial charge on any atom is 0.309 e. The number of nitrogens with one attached hydrogen (secondary N) is 1. The Morgan fingerprint density at radius 3 is 2.22 bits per heavy atom. The molecule has 9 nitrogen and oxygen atoms in total. The van der Waals surface area contributed by atoms with Gasteiger partial charge >= 0.3 is 11.9 Å². The fraction of sp³-hybridized carbons (Fsp3) is 0.867. The van der Waals surface area contributed by atoms with Gasteiger partial charge in [0, 0.05) is 50.4 Å². The van der Waals surface area contributed by atoms with E-state index >= 15 is 0 Å². The SMILES string of the molecule is CC(=O)NCCN(CC1CC1)CC(O)C12CCC3(C)C(CCC4C5(C)CCC(OC(=O)CC(C)(C)C(=O)O)C(C)(C)C5CCC43C)C1=C(C(C)C)C(=O)C2. The minimum atomic E-state index is -1.17. The summed E-state index contributed by atoms with van der Waals surface area (Å²) in [6.07, 6.45) is 9.58. The van der Waals surface area contributed by atoms with E-state index in [0.717, 1.165) is 63.5 Å². The van der Waals surface area contributed by atoms with Gasteiger partial charge in [-0.15, -0.1) is 0 Å². The minimum Gasteiger partial charge on any atom is -0.481 e. The van der Waals surface area contributed by atoms with Gasteiger partial charge < -0.3 is 20.3 Å². The number of hydrogen-bond acceptors (Lipinski definition) is 7. The summed E-state index contributed by atoms with van der Waals surface area (Å²) in [7, 11) is 0. The van der Waals surface area contributed by atoms with Gasteiger partial charge in [0.25, 0.3) is 0 Å². The summed E-state index contributed by atoms with van der Waals surface area (Å²) in [4.78, 5) is 53.1. The number of hydrogen-bond donors (Lipinski definition) is 3. The highest BCUT2D eigenvalue weighted by atomic mass is 16.5. The fourth-order valence-corrected chi connectivity index (χ4v) is 13.6. The van der Waals surface area contributed by atoms with E-state index in [-0.39, 0.29) is 57.7 Å². The standard InChI is InChI=1S/C45H72N2O7/c1-27(2)37-31(49)23-45(34(50)26-47(25-29-11-12-29)22-21-46-28(3)48)20-19-43(9)30(38(37)45)13-14-33-42(8)17-16-35(54-36(51)24-40(4,5)39(52)53)41(6,7)32(42)15-18-44(33,43)10/h27,29-30,32-35,50H,11-26H2,1-10H3,(H,46,48)(H,52,53). The Hall–Kier alpha value is -2.26. The summed E-state index contributed by atoms with van der Waals surface area (Å²) in [5.41, 5.74) is 0.399. The lowest BCUT2D eigenvalue weighted by Crippen LogP contribution is -2.66. The summed E-state index contributed by atoms with van der Waals surface area (Å²) in [6.45, 7) is 23.9. The molecule has 0 aromatic carbocycles. The second-order valence-corrected chi connectivity index (χ2v) is 21.3. The number of esters is 1. The molecule has 304 valence electrons. The van der Waals surface area contributed by atoms with Crippen molar-refractivity contribution in [3.05, 3.63) is 11.1 Å². The fourth-order valence-electron chi connectivity index (χ4n) is 13.6. The van der Waals surface area contributed by atoms with Crippen molar-refractivity contribution >= 4 is 23.6 Å². The maximum atomic E-state index is 14.2. The third-order valence-corrected chi connectivity index (χ3v) is 16.9. The highest BCUT2D eigenvalue weighted by molar-refractivity contribution is 6.00. The van der Waals surface area contributed by atoms with Crippen molar-refractivity contribution in [2.75, 3.05) is 26.2 Å². The van der Waals surface area contributed by atoms with E-state index in [0.29, 0.717) is 43.8 Å². The number of amides is 1. The summed E-state index contributed by atoms with van der Waals surface area (Å²) in [5, 5.41) is 25.1. The predicted molar refractivity (Wildman–Crippen MR) is 209 cm³/mol. The largest absolute Gasteiger partial charge is 0.481 e. The van der Waals surface area contributed by atoms with Crippen molar-refractivity contribution in [2.24, 2.45) is 62.1 Å². The number of aliphatic carboxylic acids is 1. The molecule has 0 aromatic rings. The van der Waals surface area contributed by atoms with Crippen LogP contribution in [0.15, 0.2) is 11.1 Å². The number of carbonyl (C=O) groups is 4. The monoisotopic (exact) mass is 753 g/mol. The number of fused-ring (bicyclic) bond motifs is 7. The van der Waals surface area contributed by atoms with Gasteiger partial charge in [0.05, 0.1) is 17.9 Å². The summed E-state index contributed by atoms with van der Waals surface area (Å²) >= 11 is 0. The molecular weight excluding hydrogens is 681 g/mol. The molecule has 0 aliphatic heterocycles. The molecule has 6 aliphatic carbocycles. The molecule has 54 heavy (non-hydrogen) atoms. The average Bonchev–Trinajstić information content (AvgIpc) is 3.81. The van der Waals surface area contributed by atoms with Crippen LogP contribution in [0, 0.1) is 62.1 Å². The van der Waals surface area contributed by atoms with Gasteiger partial charge in [0.1, 0.15) is 6.10 Å². The van der Waals surface area contributed by atoms with Crippen LogP contribution in [0.4, 0.5) is 0 Å². The van der Waals surface area contributed by atoms with Crippen LogP contribution in [0.25, 0.3) is 0 Å². The van der Waals surface area contributed by atoms with E-state index in [2.05, 4.69) is 58.7 Å². The van der Waals surface area contributed by atoms with Gasteiger partial charge in [0.2, 0.25) is 5.91 Å². The molecule has 3 N–H and O–H groups in total. The Morgan fingerprint density at radius 1 is 0.926 bits per heavy atom. The molecule has 0 saturated heterocycles. The van der Waals surface area contributed by atoms with E-state index in [1.807, 2.05) is 0 Å². The Kier molecular flexibility index (Phi) is 10.9. The van der Waals surface area contributed by atoms with Gasteiger partial charge in [-0.1, -0.05) is 54.0 Å². The molecule has 9 atom stereocenters. The average molecular weight is 753 g/mol. The van der Waals surface area contributed by atoms with E-state index in [1.54, 1.807) is 20.8 Å². The number of ketones is 1. The molecule has 5 fully saturated rings. The number of nitrogens with zero attached hydrogens (tertiary/aromatic N) is 1. The second kappa shape index (κ2) is 14.3. The first-order chi connectivity index (χ1) is 25.0. The Balaban J connectivity index is 1.27. The lowest BCUT2D eigenvalue weighted by atomic mass is 9.33. The lowest BCUT2D eigenvalue weighted by Gasteiger charge is -2.72. The molecule has 9 unspecified atom stereocenters. The molecule has 0 spiro atoms. The van der Waals surface area contributed by atoms with Crippen molar-refractivity contribution in [3.63, 3.8) is 0 Å². The summed E-state index contributed by atoms with van der Waals surface area (Å²) < 4.78 is 6.18. The first-order valence-electron chi connectivity index (χ1n) is 21.4. The van der Waals surface area contributed by atoms with Gasteiger partial charge in [-0.05, 0) is 129 Å². The summed E-state index contributed by atoms with van der Waals surface area (Å²) in [5.74, 6) is 0.615. The molecule has 9 heteroatoms. The van der Waals surface area contributed by atoms with Crippen molar-refractivity contribution in [2.45, 2.75) is 158 Å². The van der Waals surface area contributed by atoms with Crippen LogP contribution in [0.2, 0.25) is 0 Å². The lowest BCUT2D eigenvalue weighted by molar-refractivity contribution is -0.235. The number of aliphatic hydroxyl groups excluding tert-OH is 1. The van der Waals surface area contributed by atoms with E-state index < -0.39 is 28.9 Å². The van der Waals surface area contributed by atoms with Crippen LogP contribution in [-0.4, -0.2) is 77.1 Å². The third-order valence-electron chi connectivity index (χ3n) is 16.9. The molecular formula is C45H72N2O7. The number of carboxylic acid groups (broad SMARTS) is 1. The smallest absolute Gasteiger partial charge is 0.309 e. The molecule has 6 rings (SSSR count). The highest BCUT2D eigenvalue weighted by Gasteiger charge is 2.71. The predicted octanol–water partition coefficient (Wildman–Crippen LogP) is 7.59. The van der Waals surface area contributed by atoms with Crippen molar-refractivity contribution in [1.82, 2.24) is 10.2 Å². The zero-order valence-electron chi connectivity index (χ0n) is 35.2. The minimum absolute atomic E-state index is 0.0256. The molecule has 0 heterocycles. The Labute approximate surface area is 325 Å². The first-order valence-corrected chi connectivity index (χ1v) is 21.4. The van der Waals surface area contributed by atoms with Gasteiger partial charge in [-0.3, -0.25) is 24.1 Å². The first kappa shape index (κ1) is 41.4. The Bertz CT molecular complexity index is 1550. The van der Waals surface area contributed by atoms with Crippen LogP contribution in [0.5, 0.6) is 0 Å². The van der Waals surface area contributed by atoms with Crippen LogP contribution in [0.3, 0.4) is 0 Å². The van der Waals surface area contributed by atoms with Crippen molar-refractivity contribution < 1.29 is 34.1 Å². The van der Waals surface area contributed by atoms with Crippen LogP contribution >= 0.6 is 0 Å². The number of ether oxygens (including phenoxy) is 1. The molecule has 1 amide bonds. The summed E-state index contributed by atoms with van der Waals surface area (Å²) in [6, 6.07) is 0. The Morgan fingerprint density at radius 2 is 1.61 bits per heavy atom. The maximum absolute atomic E-state index is 14.2. The van der Waals surface area contributed by atoms with E-state index in [9.17, 15) is 29.4 Å². The number of aliphatic hydroxyl groups is 1. The van der Waals surface area contributed by atoms with Crippen LogP contribution < -0.4 is 5.32 Å². The molecule has 0 bridgehead atoms. The molecule has 5 saturated carbocycles. The topological polar surface area (TPSA) is 133 Å². The number of carboxylic acids is 1. The van der Waals surface area contributed by atoms with E-state index in [4.69, 9.17) is 4.74 Å². The zero-order valence-corrected chi connectivity index (χ0v) is 35.2. The molecule has 0 aromatic heterocycles. The second-order valence-electron chi connectivity index (χ2n) is 21.3. The van der Waals surface area contributed by atoms with Crippen molar-refractivity contribution in [3.8, 4) is 0 Å². The molecule has 6 aliphatic rings. The quantitative estimate of drug-likeness (QED) is 0.164. The highest BCUT2D eigenvalue weighted by Crippen LogP contribution is 2.77. The third kappa shape index (κ3) is 6.81. The van der Waals surface area contributed by atoms with Gasteiger partial charge in [-0.2, -0.15) is 0 Å². The normalized spacial score (nSPS) is 38.0. The number of carbonyl (C=O) groups excluding carboxylic acids is 3. The number of rotatable bonds is 13. The van der Waals surface area contributed by atoms with Gasteiger partial charge in [-0.25, -0.2) is 0 Å². The zero-order chi connectivity index (χ0) is 39.8. The van der Waals surface area contributed by atoms with E-state index in [1.165, 1.54) is 18.4 Å². The van der Waals surface area contributed by atoms with Crippen LogP contribution in [0.1, 0.15) is 146 Å². The number of allylic oxidation sites excluding steroid dienone is 1. The van der Waals surface area contributed by atoms with Crippen LogP contribution in [-0.2, 0) is 23.9 Å². The molecule has 0 radical (unpaired) electrons. The van der Waals surface area contributed by atoms with Crippen molar-refractivity contribution in [1.29, 1.82) is 0 Å².